The standard InChI is InChI=1S/C26H25ClN2O/c1-20-19-22(14-15-23(20)27)30-18-8-7-17-29-25-12-6-5-11-24(25)28-26(29)16-13-21-9-3-2-4-10-21/h2-6,9-16,19H,7-8,17-18H2,1H3/b16-13+. The molecule has 152 valence electrons. The highest BCUT2D eigenvalue weighted by Gasteiger charge is 2.08. The zero-order valence-corrected chi connectivity index (χ0v) is 17.8. The van der Waals surface area contributed by atoms with Gasteiger partial charge in [-0.1, -0.05) is 60.1 Å². The highest BCUT2D eigenvalue weighted by atomic mass is 35.5. The van der Waals surface area contributed by atoms with E-state index in [4.69, 9.17) is 21.3 Å². The third-order valence-electron chi connectivity index (χ3n) is 5.08. The molecule has 0 saturated heterocycles. The Kier molecular flexibility index (Phi) is 6.50. The number of aryl methyl sites for hydroxylation is 2. The molecule has 0 N–H and O–H groups in total. The maximum atomic E-state index is 6.08. The molecule has 0 bridgehead atoms. The third-order valence-corrected chi connectivity index (χ3v) is 5.51. The van der Waals surface area contributed by atoms with E-state index >= 15 is 0 Å². The molecular formula is C26H25ClN2O. The molecular weight excluding hydrogens is 392 g/mol. The number of imidazole rings is 1. The lowest BCUT2D eigenvalue weighted by Crippen LogP contribution is -2.04. The Morgan fingerprint density at radius 3 is 2.57 bits per heavy atom. The van der Waals surface area contributed by atoms with Gasteiger partial charge in [0.2, 0.25) is 0 Å². The van der Waals surface area contributed by atoms with Crippen molar-refractivity contribution in [3.05, 3.63) is 94.8 Å². The maximum absolute atomic E-state index is 6.08. The molecule has 4 rings (SSSR count). The lowest BCUT2D eigenvalue weighted by atomic mass is 10.2. The van der Waals surface area contributed by atoms with Crippen LogP contribution in [-0.2, 0) is 6.54 Å². The summed E-state index contributed by atoms with van der Waals surface area (Å²) in [5.41, 5.74) is 4.40. The molecule has 0 aliphatic carbocycles. The van der Waals surface area contributed by atoms with Crippen molar-refractivity contribution in [2.24, 2.45) is 0 Å². The van der Waals surface area contributed by atoms with E-state index in [1.165, 1.54) is 11.1 Å². The van der Waals surface area contributed by atoms with Gasteiger partial charge in [-0.3, -0.25) is 0 Å². The van der Waals surface area contributed by atoms with Gasteiger partial charge in [-0.05, 0) is 67.3 Å². The second-order valence-corrected chi connectivity index (χ2v) is 7.73. The van der Waals surface area contributed by atoms with Crippen molar-refractivity contribution in [2.75, 3.05) is 6.61 Å². The molecule has 3 aromatic carbocycles. The van der Waals surface area contributed by atoms with Gasteiger partial charge in [0.05, 0.1) is 17.6 Å². The molecule has 0 fully saturated rings. The first-order valence-corrected chi connectivity index (χ1v) is 10.7. The Morgan fingerprint density at radius 2 is 1.73 bits per heavy atom. The van der Waals surface area contributed by atoms with E-state index in [0.29, 0.717) is 6.61 Å². The van der Waals surface area contributed by atoms with Gasteiger partial charge in [-0.25, -0.2) is 4.98 Å². The molecule has 30 heavy (non-hydrogen) atoms. The summed E-state index contributed by atoms with van der Waals surface area (Å²) in [5.74, 6) is 1.85. The van der Waals surface area contributed by atoms with Gasteiger partial charge in [-0.2, -0.15) is 0 Å². The number of hydrogen-bond acceptors (Lipinski definition) is 2. The van der Waals surface area contributed by atoms with Crippen molar-refractivity contribution in [1.29, 1.82) is 0 Å². The number of ether oxygens (including phenoxy) is 1. The van der Waals surface area contributed by atoms with Crippen LogP contribution in [-0.4, -0.2) is 16.2 Å². The van der Waals surface area contributed by atoms with E-state index in [1.807, 2.05) is 49.4 Å². The SMILES string of the molecule is Cc1cc(OCCCCn2c(/C=C/c3ccccc3)nc3ccccc32)ccc1Cl. The van der Waals surface area contributed by atoms with Crippen LogP contribution in [0.4, 0.5) is 0 Å². The van der Waals surface area contributed by atoms with E-state index in [0.717, 1.165) is 47.1 Å². The van der Waals surface area contributed by atoms with Crippen LogP contribution in [0.5, 0.6) is 5.75 Å². The number of nitrogens with zero attached hydrogens (tertiary/aromatic N) is 2. The number of hydrogen-bond donors (Lipinski definition) is 0. The lowest BCUT2D eigenvalue weighted by molar-refractivity contribution is 0.303. The smallest absolute Gasteiger partial charge is 0.133 e. The minimum absolute atomic E-state index is 0.683. The summed E-state index contributed by atoms with van der Waals surface area (Å²) in [5, 5.41) is 0.769. The molecule has 0 saturated carbocycles. The zero-order valence-electron chi connectivity index (χ0n) is 17.1. The summed E-state index contributed by atoms with van der Waals surface area (Å²) in [7, 11) is 0. The van der Waals surface area contributed by atoms with Gasteiger partial charge < -0.3 is 9.30 Å². The van der Waals surface area contributed by atoms with Gasteiger partial charge in [-0.15, -0.1) is 0 Å². The summed E-state index contributed by atoms with van der Waals surface area (Å²) >= 11 is 6.08. The second-order valence-electron chi connectivity index (χ2n) is 7.32. The van der Waals surface area contributed by atoms with Gasteiger partial charge in [0.25, 0.3) is 0 Å². The summed E-state index contributed by atoms with van der Waals surface area (Å²) in [6.07, 6.45) is 6.20. The number of para-hydroxylation sites is 2. The molecule has 0 aliphatic heterocycles. The largest absolute Gasteiger partial charge is 0.494 e. The first-order valence-electron chi connectivity index (χ1n) is 10.3. The molecule has 0 aliphatic rings. The minimum atomic E-state index is 0.683. The van der Waals surface area contributed by atoms with Crippen LogP contribution < -0.4 is 4.74 Å². The quantitative estimate of drug-likeness (QED) is 0.288. The minimum Gasteiger partial charge on any atom is -0.494 e. The third kappa shape index (κ3) is 4.92. The van der Waals surface area contributed by atoms with Crippen molar-refractivity contribution in [3.63, 3.8) is 0 Å². The number of unbranched alkanes of at least 4 members (excludes halogenated alkanes) is 1. The lowest BCUT2D eigenvalue weighted by Gasteiger charge is -2.09. The van der Waals surface area contributed by atoms with Crippen LogP contribution in [0.25, 0.3) is 23.2 Å². The molecule has 0 radical (unpaired) electrons. The average Bonchev–Trinajstić information content (AvgIpc) is 3.13. The topological polar surface area (TPSA) is 27.1 Å². The molecule has 0 amide bonds. The van der Waals surface area contributed by atoms with Gasteiger partial charge in [0, 0.05) is 11.6 Å². The predicted octanol–water partition coefficient (Wildman–Crippen LogP) is 7.03. The van der Waals surface area contributed by atoms with E-state index in [2.05, 4.69) is 47.1 Å². The normalized spacial score (nSPS) is 11.4. The monoisotopic (exact) mass is 416 g/mol. The Hall–Kier alpha value is -3.04. The fraction of sp³-hybridized carbons (Fsp3) is 0.192. The summed E-state index contributed by atoms with van der Waals surface area (Å²) < 4.78 is 8.18. The van der Waals surface area contributed by atoms with Crippen molar-refractivity contribution >= 4 is 34.8 Å². The second kappa shape index (κ2) is 9.64. The number of benzene rings is 3. The number of fused-ring (bicyclic) bond motifs is 1. The van der Waals surface area contributed by atoms with Crippen molar-refractivity contribution < 1.29 is 4.74 Å². The van der Waals surface area contributed by atoms with Crippen molar-refractivity contribution in [3.8, 4) is 5.75 Å². The van der Waals surface area contributed by atoms with Gasteiger partial charge in [0.1, 0.15) is 11.6 Å². The summed E-state index contributed by atoms with van der Waals surface area (Å²) in [6.45, 7) is 3.57. The first kappa shape index (κ1) is 20.2. The average molecular weight is 417 g/mol. The van der Waals surface area contributed by atoms with E-state index < -0.39 is 0 Å². The fourth-order valence-corrected chi connectivity index (χ4v) is 3.58. The van der Waals surface area contributed by atoms with Crippen LogP contribution in [0.15, 0.2) is 72.8 Å². The zero-order chi connectivity index (χ0) is 20.8. The number of aromatic nitrogens is 2. The van der Waals surface area contributed by atoms with E-state index in [1.54, 1.807) is 0 Å². The first-order chi connectivity index (χ1) is 14.7. The highest BCUT2D eigenvalue weighted by molar-refractivity contribution is 6.31. The van der Waals surface area contributed by atoms with Crippen LogP contribution >= 0.6 is 11.6 Å². The van der Waals surface area contributed by atoms with Crippen LogP contribution in [0.2, 0.25) is 5.02 Å². The molecule has 0 atom stereocenters. The Morgan fingerprint density at radius 1 is 0.933 bits per heavy atom. The Bertz CT molecular complexity index is 1150. The van der Waals surface area contributed by atoms with Crippen LogP contribution in [0.3, 0.4) is 0 Å². The molecule has 4 aromatic rings. The number of rotatable bonds is 8. The number of halogens is 1. The fourth-order valence-electron chi connectivity index (χ4n) is 3.46. The van der Waals surface area contributed by atoms with Crippen LogP contribution in [0.1, 0.15) is 29.8 Å². The summed E-state index contributed by atoms with van der Waals surface area (Å²) in [6, 6.07) is 24.4. The van der Waals surface area contributed by atoms with Crippen molar-refractivity contribution in [1.82, 2.24) is 9.55 Å². The van der Waals surface area contributed by atoms with Crippen LogP contribution in [0, 0.1) is 6.92 Å². The highest BCUT2D eigenvalue weighted by Crippen LogP contribution is 2.22. The molecule has 1 heterocycles. The molecule has 0 spiro atoms. The van der Waals surface area contributed by atoms with Gasteiger partial charge in [0.15, 0.2) is 0 Å². The molecule has 1 aromatic heterocycles. The predicted molar refractivity (Wildman–Crippen MR) is 126 cm³/mol. The summed E-state index contributed by atoms with van der Waals surface area (Å²) in [4.78, 5) is 4.82. The van der Waals surface area contributed by atoms with E-state index in [-0.39, 0.29) is 0 Å². The Balaban J connectivity index is 1.41. The molecule has 3 nitrogen and oxygen atoms in total. The van der Waals surface area contributed by atoms with Gasteiger partial charge >= 0.3 is 0 Å². The maximum Gasteiger partial charge on any atom is 0.133 e. The Labute approximate surface area is 182 Å². The van der Waals surface area contributed by atoms with E-state index in [9.17, 15) is 0 Å². The van der Waals surface area contributed by atoms with Crippen molar-refractivity contribution in [2.45, 2.75) is 26.3 Å². The molecule has 4 heteroatoms. The molecule has 0 unspecified atom stereocenters.